The van der Waals surface area contributed by atoms with Crippen LogP contribution < -0.4 is 9.47 Å². The van der Waals surface area contributed by atoms with Gasteiger partial charge in [-0.1, -0.05) is 0 Å². The van der Waals surface area contributed by atoms with Crippen LogP contribution in [0.1, 0.15) is 18.5 Å². The van der Waals surface area contributed by atoms with Gasteiger partial charge >= 0.3 is 5.97 Å². The van der Waals surface area contributed by atoms with Crippen molar-refractivity contribution in [2.45, 2.75) is 13.0 Å². The van der Waals surface area contributed by atoms with E-state index in [4.69, 9.17) is 19.3 Å². The zero-order valence-electron chi connectivity index (χ0n) is 13.0. The van der Waals surface area contributed by atoms with E-state index in [1.807, 2.05) is 30.0 Å². The van der Waals surface area contributed by atoms with Crippen LogP contribution in [0.4, 0.5) is 0 Å². The lowest BCUT2D eigenvalue weighted by atomic mass is 10.0. The van der Waals surface area contributed by atoms with Crippen molar-refractivity contribution in [2.24, 2.45) is 0 Å². The van der Waals surface area contributed by atoms with Gasteiger partial charge in [-0.05, 0) is 25.1 Å². The van der Waals surface area contributed by atoms with Crippen molar-refractivity contribution in [3.05, 3.63) is 23.8 Å². The zero-order valence-corrected chi connectivity index (χ0v) is 13.0. The van der Waals surface area contributed by atoms with Crippen molar-refractivity contribution in [1.82, 2.24) is 4.90 Å². The van der Waals surface area contributed by atoms with E-state index in [9.17, 15) is 4.79 Å². The highest BCUT2D eigenvalue weighted by atomic mass is 16.5. The molecule has 0 aliphatic carbocycles. The van der Waals surface area contributed by atoms with Crippen LogP contribution in [0.3, 0.4) is 0 Å². The van der Waals surface area contributed by atoms with Gasteiger partial charge in [-0.25, -0.2) is 0 Å². The lowest BCUT2D eigenvalue weighted by molar-refractivity contribution is -0.139. The fraction of sp³-hybridized carbons (Fsp3) is 0.533. The van der Waals surface area contributed by atoms with Gasteiger partial charge < -0.3 is 19.3 Å². The molecule has 1 N–H and O–H groups in total. The van der Waals surface area contributed by atoms with E-state index in [1.54, 1.807) is 21.3 Å². The summed E-state index contributed by atoms with van der Waals surface area (Å²) >= 11 is 0. The summed E-state index contributed by atoms with van der Waals surface area (Å²) in [5.74, 6) is 0.538. The van der Waals surface area contributed by atoms with E-state index in [0.717, 1.165) is 5.56 Å². The number of carboxylic acids is 1. The Morgan fingerprint density at radius 2 is 2.00 bits per heavy atom. The Labute approximate surface area is 125 Å². The SMILES string of the molecule is COCCN(CC(=O)O)C(C)c1cc(OC)ccc1OC. The molecule has 1 aromatic carbocycles. The van der Waals surface area contributed by atoms with Crippen molar-refractivity contribution in [3.8, 4) is 11.5 Å². The summed E-state index contributed by atoms with van der Waals surface area (Å²) in [6.45, 7) is 2.86. The molecule has 0 aromatic heterocycles. The van der Waals surface area contributed by atoms with Gasteiger partial charge in [0.05, 0.1) is 27.4 Å². The first-order chi connectivity index (χ1) is 10.0. The van der Waals surface area contributed by atoms with Gasteiger partial charge in [-0.15, -0.1) is 0 Å². The number of benzene rings is 1. The molecule has 0 bridgehead atoms. The molecule has 0 aliphatic heterocycles. The van der Waals surface area contributed by atoms with Gasteiger partial charge in [0.1, 0.15) is 11.5 Å². The van der Waals surface area contributed by atoms with Crippen molar-refractivity contribution in [3.63, 3.8) is 0 Å². The van der Waals surface area contributed by atoms with Crippen LogP contribution >= 0.6 is 0 Å². The minimum atomic E-state index is -0.875. The molecule has 118 valence electrons. The average Bonchev–Trinajstić information content (AvgIpc) is 2.49. The van der Waals surface area contributed by atoms with Crippen molar-refractivity contribution < 1.29 is 24.1 Å². The molecule has 0 aliphatic rings. The Morgan fingerprint density at radius 1 is 1.29 bits per heavy atom. The standard InChI is InChI=1S/C15H23NO5/c1-11(16(7-8-19-2)10-15(17)18)13-9-12(20-3)5-6-14(13)21-4/h5-6,9,11H,7-8,10H2,1-4H3,(H,17,18). The summed E-state index contributed by atoms with van der Waals surface area (Å²) in [5, 5.41) is 9.07. The third kappa shape index (κ3) is 4.91. The number of carbonyl (C=O) groups is 1. The van der Waals surface area contributed by atoms with Crippen molar-refractivity contribution in [1.29, 1.82) is 0 Å². The topological polar surface area (TPSA) is 68.2 Å². The Kier molecular flexibility index (Phi) is 6.98. The van der Waals surface area contributed by atoms with Gasteiger partial charge in [-0.2, -0.15) is 0 Å². The Morgan fingerprint density at radius 3 is 2.52 bits per heavy atom. The molecule has 1 aromatic rings. The van der Waals surface area contributed by atoms with E-state index in [2.05, 4.69) is 0 Å². The maximum Gasteiger partial charge on any atom is 0.317 e. The monoisotopic (exact) mass is 297 g/mol. The second-order valence-electron chi connectivity index (χ2n) is 4.64. The molecule has 0 heterocycles. The summed E-state index contributed by atoms with van der Waals surface area (Å²) < 4.78 is 15.6. The predicted octanol–water partition coefficient (Wildman–Crippen LogP) is 1.80. The quantitative estimate of drug-likeness (QED) is 0.749. The summed E-state index contributed by atoms with van der Waals surface area (Å²) in [6, 6.07) is 5.36. The van der Waals surface area contributed by atoms with Crippen LogP contribution in [-0.2, 0) is 9.53 Å². The van der Waals surface area contributed by atoms with Gasteiger partial charge in [0, 0.05) is 25.3 Å². The molecule has 1 atom stereocenters. The summed E-state index contributed by atoms with van der Waals surface area (Å²) in [4.78, 5) is 12.9. The van der Waals surface area contributed by atoms with Gasteiger partial charge in [0.25, 0.3) is 0 Å². The molecule has 0 radical (unpaired) electrons. The van der Waals surface area contributed by atoms with E-state index in [1.165, 1.54) is 0 Å². The first-order valence-electron chi connectivity index (χ1n) is 6.70. The average molecular weight is 297 g/mol. The molecule has 6 heteroatoms. The number of aliphatic carboxylic acids is 1. The molecular formula is C15H23NO5. The maximum atomic E-state index is 11.0. The van der Waals surface area contributed by atoms with Crippen LogP contribution in [0.2, 0.25) is 0 Å². The van der Waals surface area contributed by atoms with Crippen molar-refractivity contribution >= 4 is 5.97 Å². The van der Waals surface area contributed by atoms with Crippen LogP contribution in [0.5, 0.6) is 11.5 Å². The molecule has 1 rings (SSSR count). The highest BCUT2D eigenvalue weighted by Crippen LogP contribution is 2.32. The van der Waals surface area contributed by atoms with E-state index in [-0.39, 0.29) is 12.6 Å². The highest BCUT2D eigenvalue weighted by Gasteiger charge is 2.21. The minimum Gasteiger partial charge on any atom is -0.497 e. The first kappa shape index (κ1) is 17.3. The van der Waals surface area contributed by atoms with Gasteiger partial charge in [-0.3, -0.25) is 9.69 Å². The molecule has 21 heavy (non-hydrogen) atoms. The van der Waals surface area contributed by atoms with Crippen LogP contribution in [0, 0.1) is 0 Å². The molecular weight excluding hydrogens is 274 g/mol. The summed E-state index contributed by atoms with van der Waals surface area (Å²) in [6.07, 6.45) is 0. The lowest BCUT2D eigenvalue weighted by Gasteiger charge is -2.28. The number of nitrogens with zero attached hydrogens (tertiary/aromatic N) is 1. The number of rotatable bonds is 9. The second-order valence-corrected chi connectivity index (χ2v) is 4.64. The molecule has 0 saturated carbocycles. The molecule has 0 spiro atoms. The predicted molar refractivity (Wildman–Crippen MR) is 79.0 cm³/mol. The van der Waals surface area contributed by atoms with Crippen LogP contribution in [-0.4, -0.2) is 57.0 Å². The fourth-order valence-corrected chi connectivity index (χ4v) is 2.15. The van der Waals surface area contributed by atoms with Gasteiger partial charge in [0.15, 0.2) is 0 Å². The Bertz CT molecular complexity index is 463. The van der Waals surface area contributed by atoms with E-state index < -0.39 is 5.97 Å². The van der Waals surface area contributed by atoms with Crippen LogP contribution in [0.25, 0.3) is 0 Å². The lowest BCUT2D eigenvalue weighted by Crippen LogP contribution is -2.35. The number of methoxy groups -OCH3 is 3. The summed E-state index contributed by atoms with van der Waals surface area (Å²) in [5.41, 5.74) is 0.884. The highest BCUT2D eigenvalue weighted by molar-refractivity contribution is 5.69. The normalized spacial score (nSPS) is 12.2. The molecule has 0 amide bonds. The Balaban J connectivity index is 3.05. The first-order valence-corrected chi connectivity index (χ1v) is 6.70. The molecule has 0 fully saturated rings. The largest absolute Gasteiger partial charge is 0.497 e. The fourth-order valence-electron chi connectivity index (χ4n) is 2.15. The zero-order chi connectivity index (χ0) is 15.8. The van der Waals surface area contributed by atoms with Crippen LogP contribution in [0.15, 0.2) is 18.2 Å². The second kappa shape index (κ2) is 8.49. The molecule has 6 nitrogen and oxygen atoms in total. The number of ether oxygens (including phenoxy) is 3. The Hall–Kier alpha value is -1.79. The molecule has 1 unspecified atom stereocenters. The van der Waals surface area contributed by atoms with E-state index in [0.29, 0.717) is 24.7 Å². The third-order valence-corrected chi connectivity index (χ3v) is 3.36. The van der Waals surface area contributed by atoms with Crippen molar-refractivity contribution in [2.75, 3.05) is 41.0 Å². The molecule has 0 saturated heterocycles. The van der Waals surface area contributed by atoms with E-state index >= 15 is 0 Å². The smallest absolute Gasteiger partial charge is 0.317 e. The van der Waals surface area contributed by atoms with Gasteiger partial charge in [0.2, 0.25) is 0 Å². The minimum absolute atomic E-state index is 0.0646. The number of hydrogen-bond acceptors (Lipinski definition) is 5. The maximum absolute atomic E-state index is 11.0. The summed E-state index contributed by atoms with van der Waals surface area (Å²) in [7, 11) is 4.78. The number of hydrogen-bond donors (Lipinski definition) is 1. The third-order valence-electron chi connectivity index (χ3n) is 3.36. The number of carboxylic acid groups (broad SMARTS) is 1.